The van der Waals surface area contributed by atoms with E-state index in [1.54, 1.807) is 7.11 Å². The molecule has 106 valence electrons. The number of esters is 1. The standard InChI is InChI=1S/C14H27NO3/c1-6-18-12(16)14(4,10-13(2,3)17-5)15-9-11-7-8-11/h11,15H,6-10H2,1-5H3. The van der Waals surface area contributed by atoms with Gasteiger partial charge in [-0.15, -0.1) is 0 Å². The molecule has 1 unspecified atom stereocenters. The monoisotopic (exact) mass is 257 g/mol. The molecule has 0 radical (unpaired) electrons. The van der Waals surface area contributed by atoms with Gasteiger partial charge in [0.15, 0.2) is 0 Å². The first kappa shape index (κ1) is 15.4. The molecule has 4 heteroatoms. The second-order valence-electron chi connectivity index (χ2n) is 6.02. The fourth-order valence-electron chi connectivity index (χ4n) is 2.11. The first-order valence-corrected chi connectivity index (χ1v) is 6.80. The van der Waals surface area contributed by atoms with Crippen LogP contribution in [0.25, 0.3) is 0 Å². The van der Waals surface area contributed by atoms with Crippen molar-refractivity contribution in [1.82, 2.24) is 5.32 Å². The topological polar surface area (TPSA) is 47.6 Å². The summed E-state index contributed by atoms with van der Waals surface area (Å²) < 4.78 is 10.6. The predicted molar refractivity (Wildman–Crippen MR) is 71.5 cm³/mol. The van der Waals surface area contributed by atoms with E-state index in [9.17, 15) is 4.79 Å². The number of rotatable bonds is 8. The minimum atomic E-state index is -0.669. The van der Waals surface area contributed by atoms with E-state index in [4.69, 9.17) is 9.47 Å². The minimum absolute atomic E-state index is 0.184. The molecule has 0 aromatic heterocycles. The second kappa shape index (κ2) is 6.02. The van der Waals surface area contributed by atoms with Crippen molar-refractivity contribution in [3.63, 3.8) is 0 Å². The summed E-state index contributed by atoms with van der Waals surface area (Å²) in [6.45, 7) is 9.02. The second-order valence-corrected chi connectivity index (χ2v) is 6.02. The highest BCUT2D eigenvalue weighted by molar-refractivity contribution is 5.80. The lowest BCUT2D eigenvalue weighted by molar-refractivity contribution is -0.153. The summed E-state index contributed by atoms with van der Waals surface area (Å²) in [5.74, 6) is 0.542. The van der Waals surface area contributed by atoms with Crippen LogP contribution in [0.4, 0.5) is 0 Å². The van der Waals surface area contributed by atoms with E-state index in [0.717, 1.165) is 12.5 Å². The lowest BCUT2D eigenvalue weighted by Gasteiger charge is -2.35. The third kappa shape index (κ3) is 4.58. The van der Waals surface area contributed by atoms with Crippen LogP contribution in [0.15, 0.2) is 0 Å². The highest BCUT2D eigenvalue weighted by Gasteiger charge is 2.41. The molecule has 0 amide bonds. The normalized spacial score (nSPS) is 19.4. The fraction of sp³-hybridized carbons (Fsp3) is 0.929. The van der Waals surface area contributed by atoms with E-state index in [-0.39, 0.29) is 11.6 Å². The summed E-state index contributed by atoms with van der Waals surface area (Å²) in [6, 6.07) is 0. The highest BCUT2D eigenvalue weighted by Crippen LogP contribution is 2.30. The number of ether oxygens (including phenoxy) is 2. The van der Waals surface area contributed by atoms with Crippen molar-refractivity contribution in [1.29, 1.82) is 0 Å². The summed E-state index contributed by atoms with van der Waals surface area (Å²) in [5, 5.41) is 3.38. The molecule has 1 fully saturated rings. The lowest BCUT2D eigenvalue weighted by atomic mass is 9.87. The van der Waals surface area contributed by atoms with Gasteiger partial charge in [-0.05, 0) is 53.0 Å². The first-order valence-electron chi connectivity index (χ1n) is 6.80. The van der Waals surface area contributed by atoms with Crippen LogP contribution in [-0.4, -0.2) is 37.4 Å². The number of carbonyl (C=O) groups is 1. The van der Waals surface area contributed by atoms with Gasteiger partial charge in [0.1, 0.15) is 5.54 Å². The molecule has 1 saturated carbocycles. The average Bonchev–Trinajstić information content (AvgIpc) is 3.10. The Morgan fingerprint density at radius 2 is 1.94 bits per heavy atom. The fourth-order valence-corrected chi connectivity index (χ4v) is 2.11. The van der Waals surface area contributed by atoms with E-state index in [1.165, 1.54) is 12.8 Å². The third-order valence-electron chi connectivity index (χ3n) is 3.54. The van der Waals surface area contributed by atoms with Crippen molar-refractivity contribution in [2.24, 2.45) is 5.92 Å². The maximum absolute atomic E-state index is 12.2. The Kier molecular flexibility index (Phi) is 5.17. The van der Waals surface area contributed by atoms with Crippen LogP contribution in [0.5, 0.6) is 0 Å². The Balaban J connectivity index is 2.67. The molecule has 0 bridgehead atoms. The molecule has 0 aromatic rings. The van der Waals surface area contributed by atoms with Crippen molar-refractivity contribution >= 4 is 5.97 Å². The van der Waals surface area contributed by atoms with Gasteiger partial charge in [0, 0.05) is 13.5 Å². The van der Waals surface area contributed by atoms with E-state index in [1.807, 2.05) is 27.7 Å². The van der Waals surface area contributed by atoms with Crippen molar-refractivity contribution < 1.29 is 14.3 Å². The largest absolute Gasteiger partial charge is 0.465 e. The van der Waals surface area contributed by atoms with Gasteiger partial charge in [-0.3, -0.25) is 4.79 Å². The molecule has 0 spiro atoms. The lowest BCUT2D eigenvalue weighted by Crippen LogP contribution is -2.55. The zero-order valence-corrected chi connectivity index (χ0v) is 12.3. The summed E-state index contributed by atoms with van der Waals surface area (Å²) in [4.78, 5) is 12.2. The van der Waals surface area contributed by atoms with Gasteiger partial charge in [0.05, 0.1) is 12.2 Å². The first-order chi connectivity index (χ1) is 8.33. The van der Waals surface area contributed by atoms with Crippen molar-refractivity contribution in [3.05, 3.63) is 0 Å². The van der Waals surface area contributed by atoms with E-state index < -0.39 is 5.54 Å². The van der Waals surface area contributed by atoms with Gasteiger partial charge in [0.25, 0.3) is 0 Å². The molecule has 0 heterocycles. The SMILES string of the molecule is CCOC(=O)C(C)(CC(C)(C)OC)NCC1CC1. The molecule has 1 rings (SSSR count). The van der Waals surface area contributed by atoms with Gasteiger partial charge in [-0.1, -0.05) is 0 Å². The van der Waals surface area contributed by atoms with Gasteiger partial charge in [-0.25, -0.2) is 0 Å². The Bertz CT molecular complexity index is 287. The highest BCUT2D eigenvalue weighted by atomic mass is 16.5. The smallest absolute Gasteiger partial charge is 0.326 e. The molecular weight excluding hydrogens is 230 g/mol. The van der Waals surface area contributed by atoms with Crippen LogP contribution in [0.1, 0.15) is 47.0 Å². The minimum Gasteiger partial charge on any atom is -0.465 e. The molecular formula is C14H27NO3. The molecule has 18 heavy (non-hydrogen) atoms. The maximum atomic E-state index is 12.2. The number of nitrogens with one attached hydrogen (secondary N) is 1. The van der Waals surface area contributed by atoms with Gasteiger partial charge >= 0.3 is 5.97 Å². The molecule has 0 aromatic carbocycles. The molecule has 1 aliphatic carbocycles. The van der Waals surface area contributed by atoms with E-state index in [0.29, 0.717) is 13.0 Å². The number of carbonyl (C=O) groups excluding carboxylic acids is 1. The van der Waals surface area contributed by atoms with Gasteiger partial charge in [0.2, 0.25) is 0 Å². The Morgan fingerprint density at radius 1 is 1.33 bits per heavy atom. The average molecular weight is 257 g/mol. The molecule has 1 aliphatic rings. The molecule has 0 aliphatic heterocycles. The van der Waals surface area contributed by atoms with Gasteiger partial charge < -0.3 is 14.8 Å². The van der Waals surface area contributed by atoms with Crippen LogP contribution in [0, 0.1) is 5.92 Å². The van der Waals surface area contributed by atoms with Gasteiger partial charge in [-0.2, -0.15) is 0 Å². The van der Waals surface area contributed by atoms with Crippen LogP contribution in [0.2, 0.25) is 0 Å². The summed E-state index contributed by atoms with van der Waals surface area (Å²) in [6.07, 6.45) is 3.13. The molecule has 1 atom stereocenters. The zero-order valence-electron chi connectivity index (χ0n) is 12.3. The van der Waals surface area contributed by atoms with Crippen LogP contribution in [-0.2, 0) is 14.3 Å². The van der Waals surface area contributed by atoms with Crippen molar-refractivity contribution in [2.75, 3.05) is 20.3 Å². The Hall–Kier alpha value is -0.610. The van der Waals surface area contributed by atoms with Crippen LogP contribution >= 0.6 is 0 Å². The third-order valence-corrected chi connectivity index (χ3v) is 3.54. The van der Waals surface area contributed by atoms with E-state index in [2.05, 4.69) is 5.32 Å². The van der Waals surface area contributed by atoms with E-state index >= 15 is 0 Å². The van der Waals surface area contributed by atoms with Crippen molar-refractivity contribution in [2.45, 2.75) is 58.1 Å². The Labute approximate surface area is 110 Å². The zero-order chi connectivity index (χ0) is 13.8. The predicted octanol–water partition coefficient (Wildman–Crippen LogP) is 2.12. The van der Waals surface area contributed by atoms with Crippen molar-refractivity contribution in [3.8, 4) is 0 Å². The molecule has 4 nitrogen and oxygen atoms in total. The van der Waals surface area contributed by atoms with Crippen LogP contribution in [0.3, 0.4) is 0 Å². The quantitative estimate of drug-likeness (QED) is 0.677. The molecule has 0 saturated heterocycles. The summed E-state index contributed by atoms with van der Waals surface area (Å²) in [5.41, 5.74) is -1.02. The van der Waals surface area contributed by atoms with Crippen LogP contribution < -0.4 is 5.32 Å². The Morgan fingerprint density at radius 3 is 2.39 bits per heavy atom. The summed E-state index contributed by atoms with van der Waals surface area (Å²) >= 11 is 0. The molecule has 1 N–H and O–H groups in total. The number of hydrogen-bond acceptors (Lipinski definition) is 4. The number of methoxy groups -OCH3 is 1. The number of hydrogen-bond donors (Lipinski definition) is 1. The summed E-state index contributed by atoms with van der Waals surface area (Å²) in [7, 11) is 1.67. The maximum Gasteiger partial charge on any atom is 0.326 e.